The lowest BCUT2D eigenvalue weighted by atomic mass is 10.1. The minimum Gasteiger partial charge on any atom is -0.625 e. The Labute approximate surface area is 128 Å². The first-order valence-electron chi connectivity index (χ1n) is 6.16. The third-order valence-corrected chi connectivity index (χ3v) is 4.91. The van der Waals surface area contributed by atoms with E-state index in [-0.39, 0.29) is 5.69 Å². The number of rotatable bonds is 2. The van der Waals surface area contributed by atoms with Crippen LogP contribution in [0, 0.1) is 5.21 Å². The van der Waals surface area contributed by atoms with E-state index in [9.17, 15) is 36.4 Å². The molecule has 1 aliphatic heterocycles. The summed E-state index contributed by atoms with van der Waals surface area (Å²) in [4.78, 5) is 23.4. The molecule has 0 saturated carbocycles. The maximum Gasteiger partial charge on any atom is 0.501 e. The normalized spacial score (nSPS) is 21.8. The number of carbonyl (C=O) groups is 2. The summed E-state index contributed by atoms with van der Waals surface area (Å²) in [6.45, 7) is 2.50. The lowest BCUT2D eigenvalue weighted by Gasteiger charge is -2.23. The SMILES string of the molecule is CC1(C)C(=O)N(c2ccc(S(=O)(=O)C(F)(F)F)cc2)C(=O)[NH+]1[O-]. The van der Waals surface area contributed by atoms with E-state index in [0.29, 0.717) is 17.0 Å². The lowest BCUT2D eigenvalue weighted by molar-refractivity contribution is -0.796. The molecule has 1 aliphatic rings. The Hall–Kier alpha value is -1.98. The second-order valence-electron chi connectivity index (χ2n) is 5.34. The number of hydrogen-bond acceptors (Lipinski definition) is 5. The van der Waals surface area contributed by atoms with Crippen molar-refractivity contribution in [3.8, 4) is 0 Å². The first kappa shape index (κ1) is 17.4. The van der Waals surface area contributed by atoms with E-state index in [1.54, 1.807) is 0 Å². The summed E-state index contributed by atoms with van der Waals surface area (Å²) in [5.41, 5.74) is -7.22. The van der Waals surface area contributed by atoms with Crippen LogP contribution in [0.25, 0.3) is 0 Å². The summed E-state index contributed by atoms with van der Waals surface area (Å²) in [5, 5.41) is 10.8. The maximum atomic E-state index is 12.4. The Morgan fingerprint density at radius 3 is 1.96 bits per heavy atom. The molecular weight excluding hydrogens is 341 g/mol. The highest BCUT2D eigenvalue weighted by Crippen LogP contribution is 2.31. The number of nitrogens with zero attached hydrogens (tertiary/aromatic N) is 1. The van der Waals surface area contributed by atoms with Crippen LogP contribution >= 0.6 is 0 Å². The molecule has 1 heterocycles. The van der Waals surface area contributed by atoms with Crippen molar-refractivity contribution in [2.24, 2.45) is 0 Å². The fourth-order valence-electron chi connectivity index (χ4n) is 1.98. The van der Waals surface area contributed by atoms with Gasteiger partial charge >= 0.3 is 11.5 Å². The zero-order valence-electron chi connectivity index (χ0n) is 11.8. The molecule has 2 rings (SSSR count). The Balaban J connectivity index is 2.43. The average molecular weight is 352 g/mol. The van der Waals surface area contributed by atoms with Crippen molar-refractivity contribution in [1.82, 2.24) is 0 Å². The molecule has 0 radical (unpaired) electrons. The third-order valence-electron chi connectivity index (χ3n) is 3.41. The highest BCUT2D eigenvalue weighted by atomic mass is 32.2. The van der Waals surface area contributed by atoms with E-state index in [1.807, 2.05) is 0 Å². The predicted octanol–water partition coefficient (Wildman–Crippen LogP) is 0.608. The first-order valence-corrected chi connectivity index (χ1v) is 7.65. The monoisotopic (exact) mass is 352 g/mol. The quantitative estimate of drug-likeness (QED) is 0.621. The molecule has 3 amide bonds. The molecule has 0 bridgehead atoms. The molecule has 1 fully saturated rings. The van der Waals surface area contributed by atoms with Crippen LogP contribution in [0.5, 0.6) is 0 Å². The van der Waals surface area contributed by atoms with Crippen molar-refractivity contribution >= 4 is 27.5 Å². The highest BCUT2D eigenvalue weighted by Gasteiger charge is 2.54. The molecule has 1 N–H and O–H groups in total. The van der Waals surface area contributed by atoms with Crippen molar-refractivity contribution in [2.75, 3.05) is 4.90 Å². The van der Waals surface area contributed by atoms with E-state index in [0.717, 1.165) is 12.1 Å². The average Bonchev–Trinajstić information content (AvgIpc) is 2.59. The van der Waals surface area contributed by atoms with Crippen LogP contribution in [0.2, 0.25) is 0 Å². The molecule has 1 atom stereocenters. The number of sulfone groups is 1. The van der Waals surface area contributed by atoms with E-state index >= 15 is 0 Å². The lowest BCUT2D eigenvalue weighted by Crippen LogP contribution is -3.15. The van der Waals surface area contributed by atoms with Crippen molar-refractivity contribution in [3.63, 3.8) is 0 Å². The number of nitrogens with one attached hydrogen (secondary N) is 1. The molecule has 7 nitrogen and oxygen atoms in total. The fraction of sp³-hybridized carbons (Fsp3) is 0.333. The molecular formula is C12H11F3N2O5S. The molecule has 126 valence electrons. The predicted molar refractivity (Wildman–Crippen MR) is 71.0 cm³/mol. The van der Waals surface area contributed by atoms with Crippen LogP contribution in [-0.2, 0) is 14.6 Å². The number of carbonyl (C=O) groups excluding carboxylic acids is 2. The molecule has 1 aromatic carbocycles. The fourth-order valence-corrected chi connectivity index (χ4v) is 2.74. The van der Waals surface area contributed by atoms with Crippen molar-refractivity contribution in [2.45, 2.75) is 29.8 Å². The van der Waals surface area contributed by atoms with Crippen LogP contribution < -0.4 is 9.96 Å². The van der Waals surface area contributed by atoms with E-state index in [2.05, 4.69) is 0 Å². The van der Waals surface area contributed by atoms with Crippen LogP contribution in [0.4, 0.5) is 23.7 Å². The largest absolute Gasteiger partial charge is 0.625 e. The molecule has 0 aliphatic carbocycles. The number of imide groups is 1. The van der Waals surface area contributed by atoms with Gasteiger partial charge in [-0.15, -0.1) is 0 Å². The molecule has 1 saturated heterocycles. The van der Waals surface area contributed by atoms with Gasteiger partial charge < -0.3 is 5.21 Å². The van der Waals surface area contributed by atoms with Crippen LogP contribution in [0.15, 0.2) is 29.2 Å². The second-order valence-corrected chi connectivity index (χ2v) is 7.28. The zero-order chi connectivity index (χ0) is 17.8. The van der Waals surface area contributed by atoms with Crippen LogP contribution in [0.3, 0.4) is 0 Å². The van der Waals surface area contributed by atoms with E-state index < -0.39 is 42.8 Å². The number of hydrogen-bond donors (Lipinski definition) is 1. The zero-order valence-corrected chi connectivity index (χ0v) is 12.7. The van der Waals surface area contributed by atoms with Gasteiger partial charge in [0.15, 0.2) is 5.54 Å². The van der Waals surface area contributed by atoms with E-state index in [1.165, 1.54) is 13.8 Å². The summed E-state index contributed by atoms with van der Waals surface area (Å²) >= 11 is 0. The van der Waals surface area contributed by atoms with Crippen LogP contribution in [-0.4, -0.2) is 31.4 Å². The number of alkyl halides is 3. The summed E-state index contributed by atoms with van der Waals surface area (Å²) < 4.78 is 59.8. The topological polar surface area (TPSA) is 99.0 Å². The van der Waals surface area contributed by atoms with Gasteiger partial charge in [-0.2, -0.15) is 18.1 Å². The number of hydroxylamine groups is 2. The molecule has 11 heteroatoms. The second kappa shape index (κ2) is 5.01. The Morgan fingerprint density at radius 1 is 1.13 bits per heavy atom. The van der Waals surface area contributed by atoms with Gasteiger partial charge in [0.05, 0.1) is 10.6 Å². The summed E-state index contributed by atoms with van der Waals surface area (Å²) in [7, 11) is -5.53. The van der Waals surface area contributed by atoms with Crippen molar-refractivity contribution in [1.29, 1.82) is 0 Å². The molecule has 23 heavy (non-hydrogen) atoms. The molecule has 1 unspecified atom stereocenters. The summed E-state index contributed by atoms with van der Waals surface area (Å²) in [5.74, 6) is -0.834. The smallest absolute Gasteiger partial charge is 0.501 e. The van der Waals surface area contributed by atoms with Crippen LogP contribution in [0.1, 0.15) is 13.8 Å². The Morgan fingerprint density at radius 2 is 1.61 bits per heavy atom. The van der Waals surface area contributed by atoms with Crippen molar-refractivity contribution < 1.29 is 36.2 Å². The van der Waals surface area contributed by atoms with Gasteiger partial charge in [-0.05, 0) is 24.3 Å². The number of halogens is 3. The number of benzene rings is 1. The van der Waals surface area contributed by atoms with Gasteiger partial charge in [0, 0.05) is 13.8 Å². The van der Waals surface area contributed by atoms with Crippen molar-refractivity contribution in [3.05, 3.63) is 29.5 Å². The molecule has 0 spiro atoms. The number of urea groups is 1. The van der Waals surface area contributed by atoms with Gasteiger partial charge in [0.1, 0.15) is 0 Å². The summed E-state index contributed by atoms with van der Waals surface area (Å²) in [6.07, 6.45) is 0. The molecule has 1 aromatic rings. The minimum atomic E-state index is -5.53. The van der Waals surface area contributed by atoms with Gasteiger partial charge in [0.25, 0.3) is 15.7 Å². The van der Waals surface area contributed by atoms with Gasteiger partial charge in [-0.1, -0.05) is 0 Å². The third kappa shape index (κ3) is 2.50. The molecule has 0 aromatic heterocycles. The van der Waals surface area contributed by atoms with Gasteiger partial charge in [-0.3, -0.25) is 9.86 Å². The minimum absolute atomic E-state index is 0.181. The first-order chi connectivity index (χ1) is 10.3. The standard InChI is InChI=1S/C12H11F3N2O5S/c1-11(2)9(18)16(10(19)17(11)20)7-3-5-8(6-4-7)23(21,22)12(13,14)15/h3-6,17H,1-2H3. The number of quaternary nitrogens is 1. The van der Waals surface area contributed by atoms with Gasteiger partial charge in [-0.25, -0.2) is 13.2 Å². The van der Waals surface area contributed by atoms with Gasteiger partial charge in [0.2, 0.25) is 0 Å². The van der Waals surface area contributed by atoms with E-state index in [4.69, 9.17) is 0 Å². The Bertz CT molecular complexity index is 771. The number of anilines is 1. The Kier molecular flexibility index (Phi) is 3.78. The highest BCUT2D eigenvalue weighted by molar-refractivity contribution is 7.92. The maximum absolute atomic E-state index is 12.4. The summed E-state index contributed by atoms with van der Waals surface area (Å²) in [6, 6.07) is 1.85. The number of amides is 3.